The van der Waals surface area contributed by atoms with Crippen molar-refractivity contribution in [2.45, 2.75) is 37.7 Å². The minimum Gasteiger partial charge on any atom is -0.430 e. The molecule has 0 radical (unpaired) electrons. The number of rotatable bonds is 4. The van der Waals surface area contributed by atoms with Gasteiger partial charge in [0.1, 0.15) is 10.8 Å². The molecule has 23 heavy (non-hydrogen) atoms. The highest BCUT2D eigenvalue weighted by Crippen LogP contribution is 2.47. The molecule has 3 rings (SSSR count). The second-order valence-electron chi connectivity index (χ2n) is 5.84. The Bertz CT molecular complexity index is 654. The second kappa shape index (κ2) is 6.66. The number of thiazole rings is 1. The lowest BCUT2D eigenvalue weighted by Crippen LogP contribution is -2.43. The molecule has 4 nitrogen and oxygen atoms in total. The van der Waals surface area contributed by atoms with Crippen molar-refractivity contribution in [1.29, 1.82) is 0 Å². The van der Waals surface area contributed by atoms with E-state index in [9.17, 15) is 9.18 Å². The Morgan fingerprint density at radius 1 is 1.26 bits per heavy atom. The summed E-state index contributed by atoms with van der Waals surface area (Å²) in [6.45, 7) is 0. The summed E-state index contributed by atoms with van der Waals surface area (Å²) < 4.78 is 19.1. The van der Waals surface area contributed by atoms with Crippen LogP contribution in [0.2, 0.25) is 0 Å². The third-order valence-corrected chi connectivity index (χ3v) is 5.35. The fourth-order valence-corrected chi connectivity index (χ4v) is 4.37. The van der Waals surface area contributed by atoms with E-state index in [2.05, 4.69) is 4.98 Å². The molecule has 2 aromatic rings. The van der Waals surface area contributed by atoms with Gasteiger partial charge in [0.25, 0.3) is 0 Å². The van der Waals surface area contributed by atoms with Gasteiger partial charge in [0.15, 0.2) is 5.60 Å². The first-order valence-electron chi connectivity index (χ1n) is 7.77. The molecular weight excluding hydrogens is 315 g/mol. The average molecular weight is 334 g/mol. The summed E-state index contributed by atoms with van der Waals surface area (Å²) in [6.07, 6.45) is 6.00. The van der Waals surface area contributed by atoms with E-state index < -0.39 is 11.7 Å². The van der Waals surface area contributed by atoms with Crippen LogP contribution in [0.5, 0.6) is 0 Å². The lowest BCUT2D eigenvalue weighted by Gasteiger charge is -2.40. The maximum Gasteiger partial charge on any atom is 0.405 e. The van der Waals surface area contributed by atoms with E-state index >= 15 is 0 Å². The van der Waals surface area contributed by atoms with Gasteiger partial charge < -0.3 is 10.5 Å². The molecule has 1 aromatic heterocycles. The van der Waals surface area contributed by atoms with Crippen LogP contribution in [-0.2, 0) is 10.3 Å². The standard InChI is InChI=1S/C17H19FN2O2S/c18-14-8-6-13(7-9-14)17(22-16(19)21,15-20-10-11-23-15)12-4-2-1-3-5-12/h6-12H,1-5H2,(H2,19,21). The number of primary amides is 1. The zero-order valence-corrected chi connectivity index (χ0v) is 13.5. The van der Waals surface area contributed by atoms with Gasteiger partial charge in [-0.25, -0.2) is 14.2 Å². The third-order valence-electron chi connectivity index (χ3n) is 4.46. The molecule has 1 fully saturated rings. The van der Waals surface area contributed by atoms with Crippen LogP contribution in [0.1, 0.15) is 42.7 Å². The number of hydrogen-bond donors (Lipinski definition) is 1. The summed E-state index contributed by atoms with van der Waals surface area (Å²) in [7, 11) is 0. The van der Waals surface area contributed by atoms with Crippen molar-refractivity contribution < 1.29 is 13.9 Å². The molecule has 1 aliphatic carbocycles. The van der Waals surface area contributed by atoms with E-state index in [1.54, 1.807) is 18.3 Å². The largest absolute Gasteiger partial charge is 0.430 e. The molecule has 1 atom stereocenters. The second-order valence-corrected chi connectivity index (χ2v) is 6.73. The van der Waals surface area contributed by atoms with Gasteiger partial charge in [-0.2, -0.15) is 0 Å². The van der Waals surface area contributed by atoms with Crippen molar-refractivity contribution >= 4 is 17.4 Å². The van der Waals surface area contributed by atoms with Crippen LogP contribution in [0.25, 0.3) is 0 Å². The quantitative estimate of drug-likeness (QED) is 0.911. The van der Waals surface area contributed by atoms with Gasteiger partial charge in [0.05, 0.1) is 0 Å². The van der Waals surface area contributed by atoms with Crippen LogP contribution >= 0.6 is 11.3 Å². The predicted octanol–water partition coefficient (Wildman–Crippen LogP) is 4.20. The highest BCUT2D eigenvalue weighted by atomic mass is 32.1. The Morgan fingerprint density at radius 3 is 2.52 bits per heavy atom. The summed E-state index contributed by atoms with van der Waals surface area (Å²) in [5.41, 5.74) is 5.09. The number of amides is 1. The molecule has 1 saturated carbocycles. The Balaban J connectivity index is 2.15. The Hall–Kier alpha value is -1.95. The number of nitrogens with zero attached hydrogens (tertiary/aromatic N) is 1. The van der Waals surface area contributed by atoms with Crippen molar-refractivity contribution in [3.63, 3.8) is 0 Å². The lowest BCUT2D eigenvalue weighted by molar-refractivity contribution is -0.0159. The molecule has 1 aliphatic rings. The predicted molar refractivity (Wildman–Crippen MR) is 86.5 cm³/mol. The summed E-state index contributed by atoms with van der Waals surface area (Å²) in [5.74, 6) is -0.245. The molecule has 6 heteroatoms. The topological polar surface area (TPSA) is 65.2 Å². The maximum atomic E-state index is 13.4. The lowest BCUT2D eigenvalue weighted by atomic mass is 9.73. The molecule has 1 aromatic carbocycles. The van der Waals surface area contributed by atoms with E-state index in [1.807, 2.05) is 5.38 Å². The average Bonchev–Trinajstić information content (AvgIpc) is 3.09. The van der Waals surface area contributed by atoms with Crippen molar-refractivity contribution in [1.82, 2.24) is 4.98 Å². The monoisotopic (exact) mass is 334 g/mol. The van der Waals surface area contributed by atoms with Crippen LogP contribution in [0.15, 0.2) is 35.8 Å². The van der Waals surface area contributed by atoms with Gasteiger partial charge in [0.2, 0.25) is 0 Å². The molecule has 1 amide bonds. The van der Waals surface area contributed by atoms with Crippen LogP contribution in [0.3, 0.4) is 0 Å². The number of benzene rings is 1. The van der Waals surface area contributed by atoms with Gasteiger partial charge >= 0.3 is 6.09 Å². The molecule has 0 spiro atoms. The minimum atomic E-state index is -1.03. The molecule has 1 unspecified atom stereocenters. The first-order valence-corrected chi connectivity index (χ1v) is 8.65. The zero-order chi connectivity index (χ0) is 16.3. The van der Waals surface area contributed by atoms with Crippen molar-refractivity contribution in [2.24, 2.45) is 11.7 Å². The fraction of sp³-hybridized carbons (Fsp3) is 0.412. The SMILES string of the molecule is NC(=O)OC(c1ccc(F)cc1)(c1nccs1)C1CCCCC1. The third kappa shape index (κ3) is 3.08. The highest BCUT2D eigenvalue weighted by molar-refractivity contribution is 7.09. The molecule has 1 heterocycles. The van der Waals surface area contributed by atoms with E-state index in [0.29, 0.717) is 5.01 Å². The van der Waals surface area contributed by atoms with E-state index in [-0.39, 0.29) is 11.7 Å². The van der Waals surface area contributed by atoms with Gasteiger partial charge in [-0.1, -0.05) is 31.4 Å². The van der Waals surface area contributed by atoms with Crippen LogP contribution in [0.4, 0.5) is 9.18 Å². The zero-order valence-electron chi connectivity index (χ0n) is 12.7. The first-order chi connectivity index (χ1) is 11.1. The number of halogens is 1. The Morgan fingerprint density at radius 2 is 1.96 bits per heavy atom. The van der Waals surface area contributed by atoms with Crippen molar-refractivity contribution in [3.8, 4) is 0 Å². The Kier molecular flexibility index (Phi) is 4.61. The van der Waals surface area contributed by atoms with E-state index in [4.69, 9.17) is 10.5 Å². The number of hydrogen-bond acceptors (Lipinski definition) is 4. The number of aromatic nitrogens is 1. The van der Waals surface area contributed by atoms with Gasteiger partial charge in [-0.15, -0.1) is 11.3 Å². The Labute approximate surface area is 138 Å². The molecule has 0 saturated heterocycles. The van der Waals surface area contributed by atoms with E-state index in [1.165, 1.54) is 29.9 Å². The van der Waals surface area contributed by atoms with Crippen LogP contribution in [-0.4, -0.2) is 11.1 Å². The fourth-order valence-electron chi connectivity index (χ4n) is 3.49. The van der Waals surface area contributed by atoms with Gasteiger partial charge in [-0.05, 0) is 25.0 Å². The molecular formula is C17H19FN2O2S. The van der Waals surface area contributed by atoms with Crippen LogP contribution < -0.4 is 5.73 Å². The summed E-state index contributed by atoms with van der Waals surface area (Å²) in [4.78, 5) is 16.1. The van der Waals surface area contributed by atoms with Crippen molar-refractivity contribution in [3.05, 3.63) is 52.2 Å². The molecule has 2 N–H and O–H groups in total. The first kappa shape index (κ1) is 15.9. The summed E-state index contributed by atoms with van der Waals surface area (Å²) in [5, 5.41) is 2.54. The van der Waals surface area contributed by atoms with Gasteiger partial charge in [0, 0.05) is 23.1 Å². The molecule has 0 bridgehead atoms. The van der Waals surface area contributed by atoms with Crippen molar-refractivity contribution in [2.75, 3.05) is 0 Å². The van der Waals surface area contributed by atoms with E-state index in [0.717, 1.165) is 31.2 Å². The normalized spacial score (nSPS) is 18.3. The maximum absolute atomic E-state index is 13.4. The minimum absolute atomic E-state index is 0.0837. The van der Waals surface area contributed by atoms with Crippen LogP contribution in [0, 0.1) is 11.7 Å². The number of carbonyl (C=O) groups excluding carboxylic acids is 1. The molecule has 0 aliphatic heterocycles. The summed E-state index contributed by atoms with van der Waals surface area (Å²) in [6, 6.07) is 6.08. The molecule has 122 valence electrons. The van der Waals surface area contributed by atoms with Gasteiger partial charge in [-0.3, -0.25) is 0 Å². The number of nitrogens with two attached hydrogens (primary N) is 1. The highest BCUT2D eigenvalue weighted by Gasteiger charge is 2.48. The smallest absolute Gasteiger partial charge is 0.405 e. The number of carbonyl (C=O) groups is 1. The summed E-state index contributed by atoms with van der Waals surface area (Å²) >= 11 is 1.43. The number of ether oxygens (including phenoxy) is 1.